The largest absolute Gasteiger partial charge is 0.292 e. The highest BCUT2D eigenvalue weighted by atomic mass is 16.2. The van der Waals surface area contributed by atoms with Crippen LogP contribution >= 0.6 is 0 Å². The molecule has 2 aromatic rings. The van der Waals surface area contributed by atoms with Gasteiger partial charge in [0.15, 0.2) is 0 Å². The summed E-state index contributed by atoms with van der Waals surface area (Å²) < 4.78 is 1.41. The number of rotatable bonds is 3. The van der Waals surface area contributed by atoms with Crippen molar-refractivity contribution in [1.82, 2.24) is 30.2 Å². The summed E-state index contributed by atoms with van der Waals surface area (Å²) in [7, 11) is 0. The summed E-state index contributed by atoms with van der Waals surface area (Å²) in [6, 6.07) is 0. The summed E-state index contributed by atoms with van der Waals surface area (Å²) in [6.07, 6.45) is 3.10. The van der Waals surface area contributed by atoms with Crippen LogP contribution < -0.4 is 5.32 Å². The lowest BCUT2D eigenvalue weighted by atomic mass is 10.6. The summed E-state index contributed by atoms with van der Waals surface area (Å²) in [5, 5.41) is 16.2. The van der Waals surface area contributed by atoms with Crippen LogP contribution in [0.3, 0.4) is 0 Å². The summed E-state index contributed by atoms with van der Waals surface area (Å²) >= 11 is 0. The molecule has 0 saturated heterocycles. The summed E-state index contributed by atoms with van der Waals surface area (Å²) in [5.74, 6) is 0.656. The zero-order chi connectivity index (χ0) is 10.7. The predicted octanol–water partition coefficient (Wildman–Crippen LogP) is -0.657. The molecule has 15 heavy (non-hydrogen) atoms. The van der Waals surface area contributed by atoms with Crippen molar-refractivity contribution >= 4 is 11.9 Å². The number of nitrogens with zero attached hydrogens (tertiary/aromatic N) is 5. The van der Waals surface area contributed by atoms with Crippen molar-refractivity contribution in [2.45, 2.75) is 13.5 Å². The molecule has 78 valence electrons. The molecule has 2 rings (SSSR count). The third kappa shape index (κ3) is 2.36. The summed E-state index contributed by atoms with van der Waals surface area (Å²) in [6.45, 7) is 1.84. The number of hydrogen-bond donors (Lipinski definition) is 2. The van der Waals surface area contributed by atoms with Gasteiger partial charge in [0.25, 0.3) is 0 Å². The van der Waals surface area contributed by atoms with E-state index in [2.05, 4.69) is 30.8 Å². The Morgan fingerprint density at radius 1 is 1.67 bits per heavy atom. The van der Waals surface area contributed by atoms with E-state index < -0.39 is 0 Å². The molecule has 0 atom stereocenters. The van der Waals surface area contributed by atoms with Crippen LogP contribution in [-0.4, -0.2) is 36.1 Å². The molecule has 8 heteroatoms. The first kappa shape index (κ1) is 9.31. The number of aryl methyl sites for hydroxylation is 1. The van der Waals surface area contributed by atoms with Crippen LogP contribution in [0, 0.1) is 6.92 Å². The Balaban J connectivity index is 1.93. The lowest BCUT2D eigenvalue weighted by Gasteiger charge is -1.99. The van der Waals surface area contributed by atoms with Gasteiger partial charge in [0.1, 0.15) is 12.4 Å². The minimum Gasteiger partial charge on any atom is -0.292 e. The van der Waals surface area contributed by atoms with Gasteiger partial charge in [-0.05, 0) is 6.92 Å². The van der Waals surface area contributed by atoms with E-state index in [0.29, 0.717) is 5.82 Å². The van der Waals surface area contributed by atoms with E-state index in [4.69, 9.17) is 0 Å². The number of aromatic amines is 1. The van der Waals surface area contributed by atoms with Gasteiger partial charge in [-0.3, -0.25) is 15.2 Å². The van der Waals surface area contributed by atoms with E-state index in [1.165, 1.54) is 10.9 Å². The first-order valence-corrected chi connectivity index (χ1v) is 4.27. The second kappa shape index (κ2) is 3.86. The molecule has 2 N–H and O–H groups in total. The number of aromatic nitrogens is 6. The second-order valence-corrected chi connectivity index (χ2v) is 2.89. The van der Waals surface area contributed by atoms with Crippen LogP contribution in [0.15, 0.2) is 12.4 Å². The zero-order valence-corrected chi connectivity index (χ0v) is 8.01. The van der Waals surface area contributed by atoms with Crippen LogP contribution in [0.4, 0.5) is 5.95 Å². The van der Waals surface area contributed by atoms with Gasteiger partial charge < -0.3 is 0 Å². The maximum atomic E-state index is 11.4. The maximum Gasteiger partial charge on any atom is 0.248 e. The van der Waals surface area contributed by atoms with Crippen LogP contribution in [0.2, 0.25) is 0 Å². The summed E-state index contributed by atoms with van der Waals surface area (Å²) in [5.41, 5.74) is 0. The Morgan fingerprint density at radius 3 is 3.13 bits per heavy atom. The van der Waals surface area contributed by atoms with Crippen molar-refractivity contribution in [2.24, 2.45) is 0 Å². The molecule has 0 unspecified atom stereocenters. The SMILES string of the molecule is Cc1nc(NC(=O)Cn2ccnn2)n[nH]1. The molecule has 1 amide bonds. The fraction of sp³-hybridized carbons (Fsp3) is 0.286. The standard InChI is InChI=1S/C7H9N7O/c1-5-9-7(12-11-5)10-6(15)4-14-3-2-8-13-14/h2-3H,4H2,1H3,(H2,9,10,11,12,15). The molecule has 0 bridgehead atoms. The molecule has 2 aromatic heterocycles. The van der Waals surface area contributed by atoms with E-state index in [1.54, 1.807) is 13.1 Å². The Kier molecular flexibility index (Phi) is 2.40. The zero-order valence-electron chi connectivity index (χ0n) is 8.01. The van der Waals surface area contributed by atoms with Gasteiger partial charge in [0, 0.05) is 6.20 Å². The van der Waals surface area contributed by atoms with Gasteiger partial charge in [0.05, 0.1) is 6.20 Å². The molecule has 0 radical (unpaired) electrons. The van der Waals surface area contributed by atoms with E-state index in [-0.39, 0.29) is 18.4 Å². The Bertz CT molecular complexity index is 446. The summed E-state index contributed by atoms with van der Waals surface area (Å²) in [4.78, 5) is 15.3. The normalized spacial score (nSPS) is 10.2. The van der Waals surface area contributed by atoms with Crippen molar-refractivity contribution in [1.29, 1.82) is 0 Å². The van der Waals surface area contributed by atoms with Crippen molar-refractivity contribution in [3.05, 3.63) is 18.2 Å². The fourth-order valence-electron chi connectivity index (χ4n) is 1.03. The molecule has 0 saturated carbocycles. The predicted molar refractivity (Wildman–Crippen MR) is 49.8 cm³/mol. The lowest BCUT2D eigenvalue weighted by Crippen LogP contribution is -2.19. The van der Waals surface area contributed by atoms with Crippen LogP contribution in [-0.2, 0) is 11.3 Å². The molecule has 0 fully saturated rings. The maximum absolute atomic E-state index is 11.4. The van der Waals surface area contributed by atoms with E-state index in [9.17, 15) is 4.79 Å². The van der Waals surface area contributed by atoms with Gasteiger partial charge in [-0.1, -0.05) is 5.21 Å². The van der Waals surface area contributed by atoms with Gasteiger partial charge >= 0.3 is 0 Å². The van der Waals surface area contributed by atoms with Gasteiger partial charge in [-0.25, -0.2) is 4.68 Å². The topological polar surface area (TPSA) is 101 Å². The highest BCUT2D eigenvalue weighted by molar-refractivity contribution is 5.88. The monoisotopic (exact) mass is 207 g/mol. The fourth-order valence-corrected chi connectivity index (χ4v) is 1.03. The lowest BCUT2D eigenvalue weighted by molar-refractivity contribution is -0.117. The minimum absolute atomic E-state index is 0.0909. The highest BCUT2D eigenvalue weighted by Crippen LogP contribution is 1.96. The van der Waals surface area contributed by atoms with Crippen molar-refractivity contribution < 1.29 is 4.79 Å². The first-order valence-electron chi connectivity index (χ1n) is 4.27. The van der Waals surface area contributed by atoms with E-state index >= 15 is 0 Å². The smallest absolute Gasteiger partial charge is 0.248 e. The molecule has 0 aliphatic carbocycles. The molecule has 8 nitrogen and oxygen atoms in total. The molecule has 0 spiro atoms. The van der Waals surface area contributed by atoms with Crippen molar-refractivity contribution in [3.8, 4) is 0 Å². The van der Waals surface area contributed by atoms with Gasteiger partial charge in [-0.2, -0.15) is 4.98 Å². The molecular weight excluding hydrogens is 198 g/mol. The molecule has 0 aliphatic rings. The van der Waals surface area contributed by atoms with E-state index in [1.807, 2.05) is 0 Å². The molecular formula is C7H9N7O. The average Bonchev–Trinajstić information content (AvgIpc) is 2.77. The van der Waals surface area contributed by atoms with Crippen LogP contribution in [0.5, 0.6) is 0 Å². The first-order chi connectivity index (χ1) is 7.24. The molecule has 2 heterocycles. The molecule has 0 aliphatic heterocycles. The van der Waals surface area contributed by atoms with Crippen LogP contribution in [0.25, 0.3) is 0 Å². The van der Waals surface area contributed by atoms with Gasteiger partial charge in [0.2, 0.25) is 11.9 Å². The Hall–Kier alpha value is -2.25. The highest BCUT2D eigenvalue weighted by Gasteiger charge is 2.06. The van der Waals surface area contributed by atoms with Crippen molar-refractivity contribution in [2.75, 3.05) is 5.32 Å². The number of amides is 1. The Labute approximate surface area is 84.7 Å². The second-order valence-electron chi connectivity index (χ2n) is 2.89. The number of nitrogens with one attached hydrogen (secondary N) is 2. The van der Waals surface area contributed by atoms with Crippen molar-refractivity contribution in [3.63, 3.8) is 0 Å². The number of carbonyl (C=O) groups excluding carboxylic acids is 1. The minimum atomic E-state index is -0.250. The number of anilines is 1. The number of H-pyrrole nitrogens is 1. The molecule has 0 aromatic carbocycles. The third-order valence-electron chi connectivity index (χ3n) is 1.63. The van der Waals surface area contributed by atoms with Crippen LogP contribution in [0.1, 0.15) is 5.82 Å². The average molecular weight is 207 g/mol. The Morgan fingerprint density at radius 2 is 2.53 bits per heavy atom. The quantitative estimate of drug-likeness (QED) is 0.695. The number of carbonyl (C=O) groups is 1. The van der Waals surface area contributed by atoms with E-state index in [0.717, 1.165) is 0 Å². The number of hydrogen-bond acceptors (Lipinski definition) is 5. The third-order valence-corrected chi connectivity index (χ3v) is 1.63. The van der Waals surface area contributed by atoms with Gasteiger partial charge in [-0.15, -0.1) is 10.2 Å².